The number of benzene rings is 2. The van der Waals surface area contributed by atoms with E-state index in [0.29, 0.717) is 16.1 Å². The Balaban J connectivity index is 1.39. The zero-order valence-corrected chi connectivity index (χ0v) is 21.5. The van der Waals surface area contributed by atoms with Crippen LogP contribution in [0.4, 0.5) is 0 Å². The number of rotatable bonds is 6. The standard InChI is InChI=1S/C28H27N5O2S/c1-17(2)20-10-12-22(13-11-20)32-18(3)14-21(19(32)4)15-24-26(29)33-28(30-27(24)34)36-25(31-33)16-35-23-8-6-5-7-9-23/h5-15,17,29H,16H2,1-4H3/b24-15-,29-26?. The molecule has 7 nitrogen and oxygen atoms in total. The summed E-state index contributed by atoms with van der Waals surface area (Å²) in [6.45, 7) is 8.65. The van der Waals surface area contributed by atoms with Gasteiger partial charge in [-0.05, 0) is 79.1 Å². The van der Waals surface area contributed by atoms with Crippen molar-refractivity contribution in [2.45, 2.75) is 33.6 Å². The van der Waals surface area contributed by atoms with Gasteiger partial charge in [-0.25, -0.2) is 0 Å². The predicted octanol–water partition coefficient (Wildman–Crippen LogP) is 5.92. The maximum Gasteiger partial charge on any atom is 0.283 e. The van der Waals surface area contributed by atoms with Gasteiger partial charge in [0.1, 0.15) is 17.4 Å². The molecule has 8 heteroatoms. The summed E-state index contributed by atoms with van der Waals surface area (Å²) in [7, 11) is 0. The average molecular weight is 498 g/mol. The van der Waals surface area contributed by atoms with Crippen molar-refractivity contribution in [3.05, 3.63) is 88.8 Å². The van der Waals surface area contributed by atoms with Crippen molar-refractivity contribution in [3.63, 3.8) is 0 Å². The summed E-state index contributed by atoms with van der Waals surface area (Å²) in [5.74, 6) is 0.772. The fourth-order valence-corrected chi connectivity index (χ4v) is 5.04. The molecular formula is C28H27N5O2S. The lowest BCUT2D eigenvalue weighted by molar-refractivity contribution is -0.114. The van der Waals surface area contributed by atoms with Crippen LogP contribution in [0.15, 0.2) is 76.3 Å². The van der Waals surface area contributed by atoms with Crippen LogP contribution in [0.2, 0.25) is 0 Å². The van der Waals surface area contributed by atoms with E-state index in [4.69, 9.17) is 10.1 Å². The van der Waals surface area contributed by atoms with Crippen LogP contribution in [0, 0.1) is 19.3 Å². The van der Waals surface area contributed by atoms with E-state index in [2.05, 4.69) is 52.8 Å². The van der Waals surface area contributed by atoms with Gasteiger partial charge in [0.15, 0.2) is 5.84 Å². The van der Waals surface area contributed by atoms with Crippen molar-refractivity contribution >= 4 is 39.8 Å². The molecule has 0 bridgehead atoms. The Morgan fingerprint density at radius 1 is 1.08 bits per heavy atom. The first-order valence-corrected chi connectivity index (χ1v) is 12.6. The molecule has 0 saturated heterocycles. The third kappa shape index (κ3) is 4.52. The highest BCUT2D eigenvalue weighted by molar-refractivity contribution is 8.27. The molecule has 1 aromatic heterocycles. The summed E-state index contributed by atoms with van der Waals surface area (Å²) in [6, 6.07) is 20.0. The van der Waals surface area contributed by atoms with Gasteiger partial charge in [0.2, 0.25) is 5.17 Å². The van der Waals surface area contributed by atoms with Crippen LogP contribution < -0.4 is 4.74 Å². The number of carbonyl (C=O) groups excluding carboxylic acids is 1. The number of carbonyl (C=O) groups is 1. The molecule has 36 heavy (non-hydrogen) atoms. The number of aliphatic imine (C=N–C) groups is 1. The SMILES string of the molecule is Cc1cc(/C=C2/C(=N)N3N=C(COc4ccccc4)SC3=NC2=O)c(C)n1-c1ccc(C(C)C)cc1. The summed E-state index contributed by atoms with van der Waals surface area (Å²) in [4.78, 5) is 17.1. The molecule has 2 aliphatic heterocycles. The zero-order chi connectivity index (χ0) is 25.4. The fourth-order valence-electron chi connectivity index (χ4n) is 4.25. The van der Waals surface area contributed by atoms with Crippen molar-refractivity contribution in [3.8, 4) is 11.4 Å². The van der Waals surface area contributed by atoms with Gasteiger partial charge >= 0.3 is 0 Å². The van der Waals surface area contributed by atoms with Crippen LogP contribution >= 0.6 is 11.8 Å². The van der Waals surface area contributed by atoms with Crippen molar-refractivity contribution in [2.75, 3.05) is 6.61 Å². The van der Waals surface area contributed by atoms with Crippen molar-refractivity contribution < 1.29 is 9.53 Å². The number of nitrogens with one attached hydrogen (secondary N) is 1. The van der Waals surface area contributed by atoms with E-state index in [1.54, 1.807) is 6.08 Å². The van der Waals surface area contributed by atoms with E-state index in [9.17, 15) is 4.79 Å². The van der Waals surface area contributed by atoms with Crippen LogP contribution in [-0.4, -0.2) is 38.1 Å². The molecule has 1 amide bonds. The van der Waals surface area contributed by atoms with E-state index in [-0.39, 0.29) is 18.0 Å². The monoisotopic (exact) mass is 497 g/mol. The number of nitrogens with zero attached hydrogens (tertiary/aromatic N) is 4. The number of amidine groups is 2. The first-order chi connectivity index (χ1) is 17.3. The third-order valence-electron chi connectivity index (χ3n) is 6.19. The lowest BCUT2D eigenvalue weighted by Crippen LogP contribution is -2.35. The Morgan fingerprint density at radius 2 is 1.81 bits per heavy atom. The molecule has 3 aromatic rings. The largest absolute Gasteiger partial charge is 0.487 e. The van der Waals surface area contributed by atoms with E-state index in [1.165, 1.54) is 22.3 Å². The number of amides is 1. The average Bonchev–Trinajstić information content (AvgIpc) is 3.40. The number of hydrogen-bond acceptors (Lipinski definition) is 5. The zero-order valence-electron chi connectivity index (χ0n) is 20.6. The van der Waals surface area contributed by atoms with Crippen LogP contribution in [0.25, 0.3) is 11.8 Å². The minimum atomic E-state index is -0.440. The molecule has 0 saturated carbocycles. The number of hydrogen-bond donors (Lipinski definition) is 1. The molecule has 1 N–H and O–H groups in total. The quantitative estimate of drug-likeness (QED) is 0.429. The Morgan fingerprint density at radius 3 is 2.50 bits per heavy atom. The topological polar surface area (TPSA) is 83.0 Å². The number of thioether (sulfide) groups is 1. The highest BCUT2D eigenvalue weighted by atomic mass is 32.2. The lowest BCUT2D eigenvalue weighted by atomic mass is 10.0. The van der Waals surface area contributed by atoms with Gasteiger partial charge in [-0.3, -0.25) is 10.2 Å². The van der Waals surface area contributed by atoms with Gasteiger partial charge in [-0.2, -0.15) is 15.1 Å². The lowest BCUT2D eigenvalue weighted by Gasteiger charge is -2.20. The van der Waals surface area contributed by atoms with Crippen LogP contribution in [0.5, 0.6) is 5.75 Å². The molecule has 5 rings (SSSR count). The predicted molar refractivity (Wildman–Crippen MR) is 146 cm³/mol. The van der Waals surface area contributed by atoms with E-state index in [1.807, 2.05) is 50.2 Å². The Labute approximate surface area is 214 Å². The first-order valence-electron chi connectivity index (χ1n) is 11.8. The number of hydrazone groups is 1. The van der Waals surface area contributed by atoms with Gasteiger partial charge in [0.25, 0.3) is 5.91 Å². The molecular weight excluding hydrogens is 470 g/mol. The summed E-state index contributed by atoms with van der Waals surface area (Å²) in [5.41, 5.74) is 5.47. The number of aromatic nitrogens is 1. The molecule has 0 radical (unpaired) electrons. The van der Waals surface area contributed by atoms with Crippen molar-refractivity contribution in [2.24, 2.45) is 10.1 Å². The maximum atomic E-state index is 12.9. The van der Waals surface area contributed by atoms with Crippen LogP contribution in [0.1, 0.15) is 42.3 Å². The van der Waals surface area contributed by atoms with Gasteiger partial charge in [-0.15, -0.1) is 0 Å². The summed E-state index contributed by atoms with van der Waals surface area (Å²) in [6.07, 6.45) is 1.74. The molecule has 182 valence electrons. The van der Waals surface area contributed by atoms with Gasteiger partial charge in [0.05, 0.1) is 5.57 Å². The fraction of sp³-hybridized carbons (Fsp3) is 0.214. The Hall–Kier alpha value is -3.91. The normalized spacial score (nSPS) is 16.5. The molecule has 0 fully saturated rings. The Kier molecular flexibility index (Phi) is 6.36. The van der Waals surface area contributed by atoms with E-state index < -0.39 is 5.91 Å². The number of para-hydroxylation sites is 1. The summed E-state index contributed by atoms with van der Waals surface area (Å²) >= 11 is 1.25. The van der Waals surface area contributed by atoms with Crippen LogP contribution in [-0.2, 0) is 4.79 Å². The van der Waals surface area contributed by atoms with Gasteiger partial charge in [-0.1, -0.05) is 44.2 Å². The highest BCUT2D eigenvalue weighted by Gasteiger charge is 2.36. The molecule has 0 unspecified atom stereocenters. The molecule has 0 aliphatic carbocycles. The van der Waals surface area contributed by atoms with E-state index >= 15 is 0 Å². The summed E-state index contributed by atoms with van der Waals surface area (Å²) < 4.78 is 7.93. The minimum Gasteiger partial charge on any atom is -0.487 e. The second-order valence-electron chi connectivity index (χ2n) is 9.02. The Bertz CT molecular complexity index is 1430. The van der Waals surface area contributed by atoms with Crippen molar-refractivity contribution in [1.29, 1.82) is 5.41 Å². The third-order valence-corrected chi connectivity index (χ3v) is 7.07. The second-order valence-corrected chi connectivity index (χ2v) is 10.1. The number of fused-ring (bicyclic) bond motifs is 1. The maximum absolute atomic E-state index is 12.9. The molecule has 2 aliphatic rings. The number of ether oxygens (including phenoxy) is 1. The second kappa shape index (κ2) is 9.62. The summed E-state index contributed by atoms with van der Waals surface area (Å²) in [5, 5.41) is 15.6. The van der Waals surface area contributed by atoms with E-state index in [0.717, 1.165) is 28.4 Å². The minimum absolute atomic E-state index is 0.0123. The van der Waals surface area contributed by atoms with Crippen molar-refractivity contribution in [1.82, 2.24) is 9.58 Å². The first kappa shape index (κ1) is 23.8. The molecule has 0 spiro atoms. The molecule has 3 heterocycles. The van der Waals surface area contributed by atoms with Crippen LogP contribution in [0.3, 0.4) is 0 Å². The van der Waals surface area contributed by atoms with Gasteiger partial charge in [0, 0.05) is 17.1 Å². The molecule has 0 atom stereocenters. The highest BCUT2D eigenvalue weighted by Crippen LogP contribution is 2.30. The smallest absolute Gasteiger partial charge is 0.283 e. The molecule has 2 aromatic carbocycles. The number of aryl methyl sites for hydroxylation is 1. The van der Waals surface area contributed by atoms with Gasteiger partial charge < -0.3 is 9.30 Å².